The van der Waals surface area contributed by atoms with E-state index in [2.05, 4.69) is 0 Å². The molecule has 1 atom stereocenters. The molecule has 0 N–H and O–H groups in total. The van der Waals surface area contributed by atoms with E-state index in [1.165, 1.54) is 4.90 Å². The Labute approximate surface area is 135 Å². The number of amides is 1. The van der Waals surface area contributed by atoms with Crippen molar-refractivity contribution >= 4 is 29.7 Å². The zero-order valence-electron chi connectivity index (χ0n) is 12.8. The molecule has 1 heterocycles. The first kappa shape index (κ1) is 16.2. The SMILES string of the molecule is CCOC(=O)C1=C(C)N(C)C(=S)N(C=O)[C@@H]1c1ccccc1. The highest BCUT2D eigenvalue weighted by Gasteiger charge is 2.39. The Bertz CT molecular complexity index is 628. The zero-order valence-corrected chi connectivity index (χ0v) is 13.6. The summed E-state index contributed by atoms with van der Waals surface area (Å²) in [5, 5.41) is 0.356. The van der Waals surface area contributed by atoms with Crippen LogP contribution in [0.5, 0.6) is 0 Å². The molecule has 5 nitrogen and oxygen atoms in total. The molecule has 1 aliphatic heterocycles. The van der Waals surface area contributed by atoms with Gasteiger partial charge in [0, 0.05) is 12.7 Å². The zero-order chi connectivity index (χ0) is 16.3. The first-order valence-electron chi connectivity index (χ1n) is 6.97. The molecule has 0 saturated heterocycles. The Hall–Kier alpha value is -2.21. The molecule has 1 aromatic rings. The van der Waals surface area contributed by atoms with E-state index in [0.29, 0.717) is 22.8 Å². The lowest BCUT2D eigenvalue weighted by Crippen LogP contribution is -2.48. The summed E-state index contributed by atoms with van der Waals surface area (Å²) in [5.41, 5.74) is 1.93. The van der Waals surface area contributed by atoms with Gasteiger partial charge in [0.25, 0.3) is 0 Å². The molecule has 0 fully saturated rings. The van der Waals surface area contributed by atoms with Crippen molar-refractivity contribution in [2.45, 2.75) is 19.9 Å². The Morgan fingerprint density at radius 2 is 2.00 bits per heavy atom. The van der Waals surface area contributed by atoms with Crippen molar-refractivity contribution in [1.29, 1.82) is 0 Å². The second kappa shape index (κ2) is 6.70. The van der Waals surface area contributed by atoms with Gasteiger partial charge in [-0.2, -0.15) is 0 Å². The molecule has 116 valence electrons. The van der Waals surface area contributed by atoms with Gasteiger partial charge < -0.3 is 9.64 Å². The fraction of sp³-hybridized carbons (Fsp3) is 0.312. The predicted molar refractivity (Wildman–Crippen MR) is 86.8 cm³/mol. The molecule has 0 radical (unpaired) electrons. The summed E-state index contributed by atoms with van der Waals surface area (Å²) in [6, 6.07) is 8.75. The average Bonchev–Trinajstić information content (AvgIpc) is 2.53. The first-order chi connectivity index (χ1) is 10.5. The van der Waals surface area contributed by atoms with Crippen molar-refractivity contribution in [3.8, 4) is 0 Å². The number of esters is 1. The summed E-state index contributed by atoms with van der Waals surface area (Å²) in [6.45, 7) is 3.82. The molecule has 22 heavy (non-hydrogen) atoms. The van der Waals surface area contributed by atoms with Crippen LogP contribution in [0.2, 0.25) is 0 Å². The van der Waals surface area contributed by atoms with Crippen molar-refractivity contribution in [3.05, 3.63) is 47.2 Å². The van der Waals surface area contributed by atoms with Gasteiger partial charge in [-0.05, 0) is 31.6 Å². The number of carbonyl (C=O) groups excluding carboxylic acids is 2. The van der Waals surface area contributed by atoms with E-state index in [-0.39, 0.29) is 6.61 Å². The lowest BCUT2D eigenvalue weighted by molar-refractivity contribution is -0.139. The standard InChI is InChI=1S/C16H18N2O3S/c1-4-21-15(20)13-11(2)17(3)16(22)18(10-19)14(13)12-8-6-5-7-9-12/h5-10,14H,4H2,1-3H3/t14-/m1/s1. The van der Waals surface area contributed by atoms with Crippen molar-refractivity contribution in [2.24, 2.45) is 0 Å². The molecular formula is C16H18N2O3S. The number of carbonyl (C=O) groups is 2. The first-order valence-corrected chi connectivity index (χ1v) is 7.37. The molecular weight excluding hydrogens is 300 g/mol. The van der Waals surface area contributed by atoms with E-state index in [0.717, 1.165) is 5.56 Å². The van der Waals surface area contributed by atoms with Crippen LogP contribution in [0.4, 0.5) is 0 Å². The largest absolute Gasteiger partial charge is 0.463 e. The van der Waals surface area contributed by atoms with Crippen LogP contribution in [0.3, 0.4) is 0 Å². The maximum Gasteiger partial charge on any atom is 0.338 e. The third kappa shape index (κ3) is 2.74. The number of nitrogens with zero attached hydrogens (tertiary/aromatic N) is 2. The average molecular weight is 318 g/mol. The highest BCUT2D eigenvalue weighted by molar-refractivity contribution is 7.80. The number of hydrogen-bond donors (Lipinski definition) is 0. The molecule has 0 aromatic heterocycles. The number of thiocarbonyl (C=S) groups is 1. The van der Waals surface area contributed by atoms with E-state index < -0.39 is 12.0 Å². The van der Waals surface area contributed by atoms with Crippen LogP contribution in [0, 0.1) is 0 Å². The smallest absolute Gasteiger partial charge is 0.338 e. The minimum absolute atomic E-state index is 0.270. The van der Waals surface area contributed by atoms with E-state index >= 15 is 0 Å². The second-order valence-electron chi connectivity index (χ2n) is 4.89. The molecule has 6 heteroatoms. The van der Waals surface area contributed by atoms with Crippen molar-refractivity contribution < 1.29 is 14.3 Å². The fourth-order valence-corrected chi connectivity index (χ4v) is 2.77. The van der Waals surface area contributed by atoms with Gasteiger partial charge in [0.2, 0.25) is 6.41 Å². The highest BCUT2D eigenvalue weighted by atomic mass is 32.1. The van der Waals surface area contributed by atoms with Crippen LogP contribution in [-0.2, 0) is 14.3 Å². The summed E-state index contributed by atoms with van der Waals surface area (Å²) in [7, 11) is 1.73. The summed E-state index contributed by atoms with van der Waals surface area (Å²) < 4.78 is 5.17. The Morgan fingerprint density at radius 3 is 2.55 bits per heavy atom. The number of hydrogen-bond acceptors (Lipinski definition) is 4. The quantitative estimate of drug-likeness (QED) is 0.484. The Kier molecular flexibility index (Phi) is 4.92. The molecule has 0 aliphatic carbocycles. The van der Waals surface area contributed by atoms with E-state index in [1.807, 2.05) is 30.3 Å². The number of benzene rings is 1. The maximum atomic E-state index is 12.4. The van der Waals surface area contributed by atoms with Gasteiger partial charge in [0.1, 0.15) is 0 Å². The van der Waals surface area contributed by atoms with Crippen LogP contribution in [0.15, 0.2) is 41.6 Å². The normalized spacial score (nSPS) is 18.5. The summed E-state index contributed by atoms with van der Waals surface area (Å²) >= 11 is 5.34. The predicted octanol–water partition coefficient (Wildman–Crippen LogP) is 2.25. The number of ether oxygens (including phenoxy) is 1. The Balaban J connectivity index is 2.63. The molecule has 1 aliphatic rings. The number of rotatable bonds is 4. The lowest BCUT2D eigenvalue weighted by atomic mass is 9.94. The monoisotopic (exact) mass is 318 g/mol. The van der Waals surface area contributed by atoms with Gasteiger partial charge in [0.05, 0.1) is 18.2 Å². The lowest BCUT2D eigenvalue weighted by Gasteiger charge is -2.40. The number of allylic oxidation sites excluding steroid dienone is 1. The third-order valence-electron chi connectivity index (χ3n) is 3.68. The molecule has 0 bridgehead atoms. The molecule has 1 amide bonds. The van der Waals surface area contributed by atoms with Gasteiger partial charge in [-0.3, -0.25) is 9.69 Å². The summed E-state index contributed by atoms with van der Waals surface area (Å²) in [6.07, 6.45) is 0.655. The highest BCUT2D eigenvalue weighted by Crippen LogP contribution is 2.36. The van der Waals surface area contributed by atoms with Crippen LogP contribution < -0.4 is 0 Å². The van der Waals surface area contributed by atoms with Crippen molar-refractivity contribution in [2.75, 3.05) is 13.7 Å². The molecule has 1 aromatic carbocycles. The van der Waals surface area contributed by atoms with Gasteiger partial charge in [-0.1, -0.05) is 30.3 Å². The van der Waals surface area contributed by atoms with Crippen LogP contribution in [0.1, 0.15) is 25.5 Å². The molecule has 2 rings (SSSR count). The minimum Gasteiger partial charge on any atom is -0.463 e. The van der Waals surface area contributed by atoms with Gasteiger partial charge in [-0.15, -0.1) is 0 Å². The second-order valence-corrected chi connectivity index (χ2v) is 5.25. The summed E-state index contributed by atoms with van der Waals surface area (Å²) in [4.78, 5) is 27.0. The maximum absolute atomic E-state index is 12.4. The topological polar surface area (TPSA) is 49.9 Å². The van der Waals surface area contributed by atoms with Crippen LogP contribution in [0.25, 0.3) is 0 Å². The minimum atomic E-state index is -0.568. The third-order valence-corrected chi connectivity index (χ3v) is 4.16. The van der Waals surface area contributed by atoms with Gasteiger partial charge >= 0.3 is 5.97 Å². The van der Waals surface area contributed by atoms with Crippen molar-refractivity contribution in [1.82, 2.24) is 9.80 Å². The molecule has 0 spiro atoms. The van der Waals surface area contributed by atoms with E-state index in [1.54, 1.807) is 25.8 Å². The van der Waals surface area contributed by atoms with Crippen molar-refractivity contribution in [3.63, 3.8) is 0 Å². The molecule has 0 unspecified atom stereocenters. The van der Waals surface area contributed by atoms with Gasteiger partial charge in [-0.25, -0.2) is 4.79 Å². The van der Waals surface area contributed by atoms with Crippen LogP contribution >= 0.6 is 12.2 Å². The van der Waals surface area contributed by atoms with Gasteiger partial charge in [0.15, 0.2) is 5.11 Å². The van der Waals surface area contributed by atoms with Crippen LogP contribution in [-0.4, -0.2) is 40.9 Å². The Morgan fingerprint density at radius 1 is 1.36 bits per heavy atom. The summed E-state index contributed by atoms with van der Waals surface area (Å²) in [5.74, 6) is -0.435. The fourth-order valence-electron chi connectivity index (χ4n) is 2.48. The molecule has 0 saturated carbocycles. The van der Waals surface area contributed by atoms with E-state index in [9.17, 15) is 9.59 Å². The van der Waals surface area contributed by atoms with E-state index in [4.69, 9.17) is 17.0 Å².